The Morgan fingerprint density at radius 1 is 1.00 bits per heavy atom. The maximum absolute atomic E-state index is 3.63. The van der Waals surface area contributed by atoms with E-state index in [0.29, 0.717) is 0 Å². The molecule has 3 rings (SSSR count). The molecular weight excluding hydrogens is 232 g/mol. The molecular formula is C17H32N2. The van der Waals surface area contributed by atoms with E-state index in [2.05, 4.69) is 24.2 Å². The van der Waals surface area contributed by atoms with E-state index in [-0.39, 0.29) is 0 Å². The van der Waals surface area contributed by atoms with Gasteiger partial charge in [0.25, 0.3) is 0 Å². The van der Waals surface area contributed by atoms with Gasteiger partial charge in [-0.1, -0.05) is 26.2 Å². The van der Waals surface area contributed by atoms with Crippen molar-refractivity contribution in [2.75, 3.05) is 13.6 Å². The predicted molar refractivity (Wildman–Crippen MR) is 81.3 cm³/mol. The lowest BCUT2D eigenvalue weighted by Crippen LogP contribution is -2.54. The second kappa shape index (κ2) is 6.13. The standard InChI is InChI=1S/C17H32N2/c1-3-13-8-9-15(18-2)17(12-13)19-11-10-14-6-4-5-7-16(14)19/h13-18H,3-12H2,1-2H3. The maximum Gasteiger partial charge on any atom is 0.0254 e. The van der Waals surface area contributed by atoms with Crippen LogP contribution in [0.2, 0.25) is 0 Å². The molecule has 3 aliphatic rings. The Morgan fingerprint density at radius 2 is 1.84 bits per heavy atom. The molecule has 0 bridgehead atoms. The molecule has 0 aromatic heterocycles. The SMILES string of the molecule is CCC1CCC(NC)C(N2CCC3CCCCC32)C1. The molecule has 110 valence electrons. The van der Waals surface area contributed by atoms with Crippen LogP contribution in [0.1, 0.15) is 64.7 Å². The topological polar surface area (TPSA) is 15.3 Å². The second-order valence-corrected chi connectivity index (χ2v) is 7.19. The van der Waals surface area contributed by atoms with E-state index in [1.165, 1.54) is 64.3 Å². The van der Waals surface area contributed by atoms with E-state index in [0.717, 1.165) is 30.0 Å². The van der Waals surface area contributed by atoms with Crippen LogP contribution in [0.3, 0.4) is 0 Å². The molecule has 5 atom stereocenters. The third-order valence-corrected chi connectivity index (χ3v) is 6.35. The van der Waals surface area contributed by atoms with Crippen molar-refractivity contribution < 1.29 is 0 Å². The first-order valence-electron chi connectivity index (χ1n) is 8.76. The number of likely N-dealkylation sites (N-methyl/N-ethyl adjacent to an activating group) is 1. The van der Waals surface area contributed by atoms with E-state index in [4.69, 9.17) is 0 Å². The zero-order valence-corrected chi connectivity index (χ0v) is 12.9. The fourth-order valence-corrected chi connectivity index (χ4v) is 5.16. The molecule has 3 fully saturated rings. The molecule has 5 unspecified atom stereocenters. The summed E-state index contributed by atoms with van der Waals surface area (Å²) in [5.41, 5.74) is 0. The van der Waals surface area contributed by atoms with E-state index in [9.17, 15) is 0 Å². The fourth-order valence-electron chi connectivity index (χ4n) is 5.16. The fraction of sp³-hybridized carbons (Fsp3) is 1.00. The van der Waals surface area contributed by atoms with E-state index >= 15 is 0 Å². The van der Waals surface area contributed by atoms with Crippen LogP contribution in [-0.4, -0.2) is 36.6 Å². The van der Waals surface area contributed by atoms with Crippen molar-refractivity contribution in [1.29, 1.82) is 0 Å². The van der Waals surface area contributed by atoms with Gasteiger partial charge in [-0.05, 0) is 64.0 Å². The first-order chi connectivity index (χ1) is 9.33. The van der Waals surface area contributed by atoms with Gasteiger partial charge in [0.1, 0.15) is 0 Å². The third kappa shape index (κ3) is 2.71. The van der Waals surface area contributed by atoms with Gasteiger partial charge < -0.3 is 5.32 Å². The molecule has 2 saturated carbocycles. The number of hydrogen-bond donors (Lipinski definition) is 1. The van der Waals surface area contributed by atoms with E-state index < -0.39 is 0 Å². The first-order valence-corrected chi connectivity index (χ1v) is 8.76. The molecule has 0 aromatic carbocycles. The molecule has 0 amide bonds. The van der Waals surface area contributed by atoms with Gasteiger partial charge in [-0.25, -0.2) is 0 Å². The summed E-state index contributed by atoms with van der Waals surface area (Å²) in [6, 6.07) is 2.52. The van der Waals surface area contributed by atoms with Crippen molar-refractivity contribution in [2.24, 2.45) is 11.8 Å². The summed E-state index contributed by atoms with van der Waals surface area (Å²) in [6.45, 7) is 3.77. The first kappa shape index (κ1) is 13.9. The molecule has 0 radical (unpaired) electrons. The molecule has 2 nitrogen and oxygen atoms in total. The summed E-state index contributed by atoms with van der Waals surface area (Å²) in [5.74, 6) is 2.02. The summed E-state index contributed by atoms with van der Waals surface area (Å²) in [7, 11) is 2.18. The molecule has 1 saturated heterocycles. The van der Waals surface area contributed by atoms with Crippen LogP contribution in [0.4, 0.5) is 0 Å². The summed E-state index contributed by atoms with van der Waals surface area (Å²) in [4.78, 5) is 2.94. The highest BCUT2D eigenvalue weighted by atomic mass is 15.2. The zero-order valence-electron chi connectivity index (χ0n) is 12.9. The number of nitrogens with zero attached hydrogens (tertiary/aromatic N) is 1. The van der Waals surface area contributed by atoms with Crippen molar-refractivity contribution in [3.05, 3.63) is 0 Å². The van der Waals surface area contributed by atoms with Crippen molar-refractivity contribution in [3.8, 4) is 0 Å². The largest absolute Gasteiger partial charge is 0.315 e. The molecule has 1 heterocycles. The molecule has 2 heteroatoms. The van der Waals surface area contributed by atoms with Crippen LogP contribution in [0.15, 0.2) is 0 Å². The Bertz CT molecular complexity index is 291. The predicted octanol–water partition coefficient (Wildman–Crippen LogP) is 3.42. The van der Waals surface area contributed by atoms with Crippen LogP contribution in [0, 0.1) is 11.8 Å². The number of nitrogens with one attached hydrogen (secondary N) is 1. The molecule has 2 aliphatic carbocycles. The number of likely N-dealkylation sites (tertiary alicyclic amines) is 1. The van der Waals surface area contributed by atoms with Gasteiger partial charge in [-0.2, -0.15) is 0 Å². The Morgan fingerprint density at radius 3 is 2.63 bits per heavy atom. The highest BCUT2D eigenvalue weighted by Gasteiger charge is 2.42. The van der Waals surface area contributed by atoms with Gasteiger partial charge in [-0.3, -0.25) is 4.90 Å². The van der Waals surface area contributed by atoms with Crippen molar-refractivity contribution >= 4 is 0 Å². The summed E-state index contributed by atoms with van der Waals surface area (Å²) in [5, 5.41) is 3.63. The van der Waals surface area contributed by atoms with Gasteiger partial charge in [0, 0.05) is 18.1 Å². The lowest BCUT2D eigenvalue weighted by Gasteiger charge is -2.45. The average molecular weight is 264 g/mol. The smallest absolute Gasteiger partial charge is 0.0254 e. The Balaban J connectivity index is 1.71. The lowest BCUT2D eigenvalue weighted by atomic mass is 9.79. The Kier molecular flexibility index (Phi) is 4.48. The van der Waals surface area contributed by atoms with Gasteiger partial charge in [0.2, 0.25) is 0 Å². The monoisotopic (exact) mass is 264 g/mol. The highest BCUT2D eigenvalue weighted by molar-refractivity contribution is 4.98. The van der Waals surface area contributed by atoms with Crippen LogP contribution in [0.25, 0.3) is 0 Å². The van der Waals surface area contributed by atoms with E-state index in [1.54, 1.807) is 0 Å². The minimum atomic E-state index is 0.753. The molecule has 19 heavy (non-hydrogen) atoms. The van der Waals surface area contributed by atoms with Gasteiger partial charge in [0.15, 0.2) is 0 Å². The third-order valence-electron chi connectivity index (χ3n) is 6.35. The van der Waals surface area contributed by atoms with Gasteiger partial charge in [0.05, 0.1) is 0 Å². The summed E-state index contributed by atoms with van der Waals surface area (Å²) >= 11 is 0. The minimum absolute atomic E-state index is 0.753. The van der Waals surface area contributed by atoms with E-state index in [1.807, 2.05) is 0 Å². The molecule has 0 aromatic rings. The Labute approximate surface area is 119 Å². The quantitative estimate of drug-likeness (QED) is 0.840. The van der Waals surface area contributed by atoms with Gasteiger partial charge >= 0.3 is 0 Å². The summed E-state index contributed by atoms with van der Waals surface area (Å²) < 4.78 is 0. The van der Waals surface area contributed by atoms with Crippen molar-refractivity contribution in [2.45, 2.75) is 82.8 Å². The lowest BCUT2D eigenvalue weighted by molar-refractivity contribution is 0.0663. The van der Waals surface area contributed by atoms with Crippen LogP contribution >= 0.6 is 0 Å². The van der Waals surface area contributed by atoms with Crippen LogP contribution in [-0.2, 0) is 0 Å². The molecule has 0 spiro atoms. The Hall–Kier alpha value is -0.0800. The van der Waals surface area contributed by atoms with Crippen molar-refractivity contribution in [1.82, 2.24) is 10.2 Å². The zero-order chi connectivity index (χ0) is 13.2. The average Bonchev–Trinajstić information content (AvgIpc) is 2.90. The maximum atomic E-state index is 3.63. The van der Waals surface area contributed by atoms with Crippen molar-refractivity contribution in [3.63, 3.8) is 0 Å². The summed E-state index contributed by atoms with van der Waals surface area (Å²) in [6.07, 6.45) is 13.1. The molecule has 1 aliphatic heterocycles. The number of hydrogen-bond acceptors (Lipinski definition) is 2. The van der Waals surface area contributed by atoms with Crippen LogP contribution in [0.5, 0.6) is 0 Å². The number of fused-ring (bicyclic) bond motifs is 1. The normalized spacial score (nSPS) is 44.2. The second-order valence-electron chi connectivity index (χ2n) is 7.19. The minimum Gasteiger partial charge on any atom is -0.315 e. The molecule has 1 N–H and O–H groups in total. The van der Waals surface area contributed by atoms with Gasteiger partial charge in [-0.15, -0.1) is 0 Å². The number of rotatable bonds is 3. The highest BCUT2D eigenvalue weighted by Crippen LogP contribution is 2.41. The van der Waals surface area contributed by atoms with Crippen LogP contribution < -0.4 is 5.32 Å².